The fourth-order valence-corrected chi connectivity index (χ4v) is 3.21. The minimum atomic E-state index is -3.77. The lowest BCUT2D eigenvalue weighted by molar-refractivity contribution is 0.0953. The van der Waals surface area contributed by atoms with Crippen LogP contribution in [0.5, 0.6) is 0 Å². The molecular weight excluding hydrogens is 343 g/mol. The molecule has 0 fully saturated rings. The molecule has 2 rings (SSSR count). The number of hydrogen-bond donors (Lipinski definition) is 2. The number of hydrogen-bond acceptors (Lipinski definition) is 3. The van der Waals surface area contributed by atoms with E-state index in [1.807, 2.05) is 6.92 Å². The van der Waals surface area contributed by atoms with Gasteiger partial charge >= 0.3 is 0 Å². The van der Waals surface area contributed by atoms with E-state index < -0.39 is 10.0 Å². The molecule has 0 atom stereocenters. The Morgan fingerprint density at radius 1 is 1.12 bits per heavy atom. The molecule has 0 aliphatic carbocycles. The van der Waals surface area contributed by atoms with Gasteiger partial charge in [0, 0.05) is 18.7 Å². The average molecular weight is 364 g/mol. The highest BCUT2D eigenvalue weighted by molar-refractivity contribution is 7.89. The number of carbonyl (C=O) groups is 1. The van der Waals surface area contributed by atoms with Gasteiger partial charge in [-0.3, -0.25) is 4.79 Å². The van der Waals surface area contributed by atoms with Crippen LogP contribution in [0.1, 0.15) is 35.7 Å². The van der Waals surface area contributed by atoms with E-state index in [2.05, 4.69) is 10.0 Å². The van der Waals surface area contributed by atoms with Crippen LogP contribution < -0.4 is 10.0 Å². The summed E-state index contributed by atoms with van der Waals surface area (Å²) in [7, 11) is -3.77. The summed E-state index contributed by atoms with van der Waals surface area (Å²) in [5.74, 6) is -0.683. The average Bonchev–Trinajstić information content (AvgIpc) is 2.61. The third-order valence-electron chi connectivity index (χ3n) is 3.60. The largest absolute Gasteiger partial charge is 0.352 e. The summed E-state index contributed by atoms with van der Waals surface area (Å²) in [6.45, 7) is 2.61. The standard InChI is InChI=1S/C18H21FN2O3S/c1-2-3-11-20-18(22)15-5-4-6-17(12-15)25(23,24)21-13-14-7-9-16(19)10-8-14/h4-10,12,21H,2-3,11,13H2,1H3,(H,20,22). The summed E-state index contributed by atoms with van der Waals surface area (Å²) >= 11 is 0. The molecule has 0 aliphatic rings. The van der Waals surface area contributed by atoms with Crippen molar-refractivity contribution in [1.29, 1.82) is 0 Å². The molecule has 0 saturated heterocycles. The van der Waals surface area contributed by atoms with Gasteiger partial charge in [0.2, 0.25) is 10.0 Å². The molecule has 2 N–H and O–H groups in total. The van der Waals surface area contributed by atoms with E-state index in [0.717, 1.165) is 12.8 Å². The monoisotopic (exact) mass is 364 g/mol. The Labute approximate surface area is 147 Å². The Morgan fingerprint density at radius 3 is 2.52 bits per heavy atom. The Kier molecular flexibility index (Phi) is 6.66. The van der Waals surface area contributed by atoms with Crippen LogP contribution in [0.2, 0.25) is 0 Å². The third kappa shape index (κ3) is 5.65. The number of sulfonamides is 1. The van der Waals surface area contributed by atoms with E-state index in [9.17, 15) is 17.6 Å². The first-order chi connectivity index (χ1) is 11.9. The summed E-state index contributed by atoms with van der Waals surface area (Å²) in [5, 5.41) is 2.75. The number of halogens is 1. The second-order valence-corrected chi connectivity index (χ2v) is 7.36. The fraction of sp³-hybridized carbons (Fsp3) is 0.278. The van der Waals surface area contributed by atoms with Crippen molar-refractivity contribution >= 4 is 15.9 Å². The first kappa shape index (κ1) is 19.1. The molecule has 2 aromatic rings. The van der Waals surface area contributed by atoms with Crippen LogP contribution in [0.3, 0.4) is 0 Å². The maximum atomic E-state index is 12.9. The number of nitrogens with one attached hydrogen (secondary N) is 2. The maximum absolute atomic E-state index is 12.9. The van der Waals surface area contributed by atoms with Gasteiger partial charge in [-0.05, 0) is 42.3 Å². The number of benzene rings is 2. The van der Waals surface area contributed by atoms with Crippen molar-refractivity contribution in [1.82, 2.24) is 10.0 Å². The van der Waals surface area contributed by atoms with Crippen LogP contribution >= 0.6 is 0 Å². The number of rotatable bonds is 8. The van der Waals surface area contributed by atoms with Crippen molar-refractivity contribution in [3.63, 3.8) is 0 Å². The maximum Gasteiger partial charge on any atom is 0.251 e. The highest BCUT2D eigenvalue weighted by Gasteiger charge is 2.16. The summed E-state index contributed by atoms with van der Waals surface area (Å²) in [5.41, 5.74) is 0.930. The zero-order valence-corrected chi connectivity index (χ0v) is 14.8. The minimum absolute atomic E-state index is 0.0118. The molecule has 0 saturated carbocycles. The van der Waals surface area contributed by atoms with Crippen LogP contribution in [0.15, 0.2) is 53.4 Å². The van der Waals surface area contributed by atoms with Crippen molar-refractivity contribution in [2.75, 3.05) is 6.54 Å². The van der Waals surface area contributed by atoms with E-state index in [1.54, 1.807) is 6.07 Å². The Hall–Kier alpha value is -2.25. The van der Waals surface area contributed by atoms with Crippen LogP contribution in [-0.2, 0) is 16.6 Å². The molecule has 0 unspecified atom stereocenters. The predicted molar refractivity (Wildman–Crippen MR) is 94.1 cm³/mol. The van der Waals surface area contributed by atoms with E-state index in [-0.39, 0.29) is 23.2 Å². The number of unbranched alkanes of at least 4 members (excludes halogenated alkanes) is 1. The molecule has 0 aromatic heterocycles. The highest BCUT2D eigenvalue weighted by Crippen LogP contribution is 2.13. The smallest absolute Gasteiger partial charge is 0.251 e. The van der Waals surface area contributed by atoms with Crippen LogP contribution in [0.4, 0.5) is 4.39 Å². The molecule has 0 spiro atoms. The zero-order valence-electron chi connectivity index (χ0n) is 14.0. The number of amides is 1. The SMILES string of the molecule is CCCCNC(=O)c1cccc(S(=O)(=O)NCc2ccc(F)cc2)c1. The second kappa shape index (κ2) is 8.73. The van der Waals surface area contributed by atoms with E-state index in [4.69, 9.17) is 0 Å². The Balaban J connectivity index is 2.07. The molecule has 0 aliphatic heterocycles. The lowest BCUT2D eigenvalue weighted by atomic mass is 10.2. The van der Waals surface area contributed by atoms with Gasteiger partial charge in [-0.15, -0.1) is 0 Å². The van der Waals surface area contributed by atoms with E-state index in [1.165, 1.54) is 42.5 Å². The molecule has 5 nitrogen and oxygen atoms in total. The quantitative estimate of drug-likeness (QED) is 0.707. The number of carbonyl (C=O) groups excluding carboxylic acids is 1. The van der Waals surface area contributed by atoms with E-state index in [0.29, 0.717) is 17.7 Å². The summed E-state index contributed by atoms with van der Waals surface area (Å²) in [6, 6.07) is 11.4. The molecule has 1 amide bonds. The van der Waals surface area contributed by atoms with Crippen LogP contribution in [0.25, 0.3) is 0 Å². The molecule has 7 heteroatoms. The third-order valence-corrected chi connectivity index (χ3v) is 5.00. The van der Waals surface area contributed by atoms with Crippen molar-refractivity contribution in [3.8, 4) is 0 Å². The Bertz CT molecular complexity index is 820. The molecule has 0 heterocycles. The van der Waals surface area contributed by atoms with Gasteiger partial charge in [0.1, 0.15) is 5.82 Å². The van der Waals surface area contributed by atoms with Gasteiger partial charge in [0.25, 0.3) is 5.91 Å². The van der Waals surface area contributed by atoms with Crippen LogP contribution in [-0.4, -0.2) is 20.9 Å². The van der Waals surface area contributed by atoms with Crippen molar-refractivity contribution in [3.05, 3.63) is 65.5 Å². The fourth-order valence-electron chi connectivity index (χ4n) is 2.15. The van der Waals surface area contributed by atoms with Crippen molar-refractivity contribution in [2.24, 2.45) is 0 Å². The molecule has 134 valence electrons. The molecule has 25 heavy (non-hydrogen) atoms. The topological polar surface area (TPSA) is 75.3 Å². The molecule has 0 radical (unpaired) electrons. The lowest BCUT2D eigenvalue weighted by Gasteiger charge is -2.09. The van der Waals surface area contributed by atoms with Gasteiger partial charge in [0.15, 0.2) is 0 Å². The van der Waals surface area contributed by atoms with Crippen molar-refractivity contribution < 1.29 is 17.6 Å². The van der Waals surface area contributed by atoms with E-state index >= 15 is 0 Å². The first-order valence-corrected chi connectivity index (χ1v) is 9.53. The lowest BCUT2D eigenvalue weighted by Crippen LogP contribution is -2.26. The zero-order chi connectivity index (χ0) is 18.3. The summed E-state index contributed by atoms with van der Waals surface area (Å²) in [6.07, 6.45) is 1.82. The van der Waals surface area contributed by atoms with Gasteiger partial charge in [0.05, 0.1) is 4.90 Å². The van der Waals surface area contributed by atoms with Crippen LogP contribution in [0, 0.1) is 5.82 Å². The minimum Gasteiger partial charge on any atom is -0.352 e. The molecular formula is C18H21FN2O3S. The summed E-state index contributed by atoms with van der Waals surface area (Å²) in [4.78, 5) is 12.1. The van der Waals surface area contributed by atoms with Crippen molar-refractivity contribution in [2.45, 2.75) is 31.2 Å². The van der Waals surface area contributed by atoms with Gasteiger partial charge in [-0.1, -0.05) is 31.5 Å². The Morgan fingerprint density at radius 2 is 1.84 bits per heavy atom. The van der Waals surface area contributed by atoms with Gasteiger partial charge < -0.3 is 5.32 Å². The first-order valence-electron chi connectivity index (χ1n) is 8.05. The molecule has 2 aromatic carbocycles. The van der Waals surface area contributed by atoms with Gasteiger partial charge in [-0.25, -0.2) is 17.5 Å². The highest BCUT2D eigenvalue weighted by atomic mass is 32.2. The van der Waals surface area contributed by atoms with Gasteiger partial charge in [-0.2, -0.15) is 0 Å². The second-order valence-electron chi connectivity index (χ2n) is 5.59. The normalized spacial score (nSPS) is 11.3. The summed E-state index contributed by atoms with van der Waals surface area (Å²) < 4.78 is 40.1. The predicted octanol–water partition coefficient (Wildman–Crippen LogP) is 2.83. The molecule has 0 bridgehead atoms.